The van der Waals surface area contributed by atoms with E-state index in [1.54, 1.807) is 24.3 Å². The second-order valence-corrected chi connectivity index (χ2v) is 5.35. The molecule has 0 bridgehead atoms. The third-order valence-electron chi connectivity index (χ3n) is 3.84. The summed E-state index contributed by atoms with van der Waals surface area (Å²) < 4.78 is 0. The molecule has 110 valence electrons. The SMILES string of the molecule is O=C(CN1C(=O)c2ccccc2C1=O)NC1CCCNC1. The fraction of sp³-hybridized carbons (Fsp3) is 0.400. The first-order chi connectivity index (χ1) is 10.2. The Morgan fingerprint density at radius 1 is 1.24 bits per heavy atom. The van der Waals surface area contributed by atoms with Crippen LogP contribution in [0.25, 0.3) is 0 Å². The Kier molecular flexibility index (Phi) is 3.70. The first-order valence-corrected chi connectivity index (χ1v) is 7.12. The summed E-state index contributed by atoms with van der Waals surface area (Å²) >= 11 is 0. The summed E-state index contributed by atoms with van der Waals surface area (Å²) in [5.74, 6) is -1.08. The molecular weight excluding hydrogens is 270 g/mol. The van der Waals surface area contributed by atoms with Crippen molar-refractivity contribution in [1.29, 1.82) is 0 Å². The molecule has 2 N–H and O–H groups in total. The molecule has 1 fully saturated rings. The second kappa shape index (κ2) is 5.65. The van der Waals surface area contributed by atoms with Gasteiger partial charge in [0.2, 0.25) is 5.91 Å². The van der Waals surface area contributed by atoms with Gasteiger partial charge < -0.3 is 10.6 Å². The first kappa shape index (κ1) is 13.8. The molecule has 6 nitrogen and oxygen atoms in total. The van der Waals surface area contributed by atoms with Crippen LogP contribution >= 0.6 is 0 Å². The number of nitrogens with one attached hydrogen (secondary N) is 2. The number of carbonyl (C=O) groups is 3. The Balaban J connectivity index is 1.64. The molecule has 1 unspecified atom stereocenters. The summed E-state index contributed by atoms with van der Waals surface area (Å²) in [5.41, 5.74) is 0.740. The lowest BCUT2D eigenvalue weighted by atomic mass is 10.1. The fourth-order valence-electron chi connectivity index (χ4n) is 2.77. The van der Waals surface area contributed by atoms with Crippen molar-refractivity contribution in [2.45, 2.75) is 18.9 Å². The van der Waals surface area contributed by atoms with E-state index in [1.165, 1.54) is 0 Å². The van der Waals surface area contributed by atoms with E-state index >= 15 is 0 Å². The molecule has 21 heavy (non-hydrogen) atoms. The van der Waals surface area contributed by atoms with Gasteiger partial charge >= 0.3 is 0 Å². The zero-order valence-electron chi connectivity index (χ0n) is 11.6. The molecule has 1 aromatic rings. The van der Waals surface area contributed by atoms with Gasteiger partial charge in [-0.25, -0.2) is 0 Å². The number of amides is 3. The maximum Gasteiger partial charge on any atom is 0.262 e. The molecule has 1 saturated heterocycles. The van der Waals surface area contributed by atoms with E-state index in [1.807, 2.05) is 0 Å². The average Bonchev–Trinajstić information content (AvgIpc) is 2.74. The van der Waals surface area contributed by atoms with E-state index in [0.717, 1.165) is 30.8 Å². The Morgan fingerprint density at radius 2 is 1.90 bits per heavy atom. The molecule has 3 amide bonds. The number of imide groups is 1. The van der Waals surface area contributed by atoms with Gasteiger partial charge in [0.05, 0.1) is 11.1 Å². The lowest BCUT2D eigenvalue weighted by molar-refractivity contribution is -0.122. The zero-order valence-corrected chi connectivity index (χ0v) is 11.6. The number of benzene rings is 1. The number of carbonyl (C=O) groups excluding carboxylic acids is 3. The predicted octanol–water partition coefficient (Wildman–Crippen LogP) is 0.151. The fourth-order valence-corrected chi connectivity index (χ4v) is 2.77. The van der Waals surface area contributed by atoms with Crippen LogP contribution in [0.2, 0.25) is 0 Å². The van der Waals surface area contributed by atoms with Crippen LogP contribution in [0.1, 0.15) is 33.6 Å². The first-order valence-electron chi connectivity index (χ1n) is 7.12. The van der Waals surface area contributed by atoms with Gasteiger partial charge in [0.1, 0.15) is 6.54 Å². The normalized spacial score (nSPS) is 21.3. The minimum Gasteiger partial charge on any atom is -0.351 e. The Morgan fingerprint density at radius 3 is 2.48 bits per heavy atom. The minimum atomic E-state index is -0.396. The number of hydrogen-bond donors (Lipinski definition) is 2. The highest BCUT2D eigenvalue weighted by molar-refractivity contribution is 6.22. The molecule has 1 aromatic carbocycles. The summed E-state index contributed by atoms with van der Waals surface area (Å²) in [6, 6.07) is 6.71. The van der Waals surface area contributed by atoms with Crippen molar-refractivity contribution in [3.8, 4) is 0 Å². The van der Waals surface area contributed by atoms with Gasteiger partial charge in [-0.3, -0.25) is 19.3 Å². The van der Waals surface area contributed by atoms with E-state index in [0.29, 0.717) is 11.1 Å². The molecule has 0 radical (unpaired) electrons. The highest BCUT2D eigenvalue weighted by Crippen LogP contribution is 2.21. The van der Waals surface area contributed by atoms with Crippen LogP contribution in [0.3, 0.4) is 0 Å². The van der Waals surface area contributed by atoms with Gasteiger partial charge in [-0.05, 0) is 31.5 Å². The molecule has 2 heterocycles. The minimum absolute atomic E-state index is 0.0708. The summed E-state index contributed by atoms with van der Waals surface area (Å²) in [6.45, 7) is 1.47. The molecule has 1 atom stereocenters. The zero-order chi connectivity index (χ0) is 14.8. The number of hydrogen-bond acceptors (Lipinski definition) is 4. The second-order valence-electron chi connectivity index (χ2n) is 5.35. The standard InChI is InChI=1S/C15H17N3O3/c19-13(17-10-4-3-7-16-8-10)9-18-14(20)11-5-1-2-6-12(11)15(18)21/h1-2,5-6,10,16H,3-4,7-9H2,(H,17,19). The maximum absolute atomic E-state index is 12.1. The van der Waals surface area contributed by atoms with E-state index in [4.69, 9.17) is 0 Å². The Hall–Kier alpha value is -2.21. The van der Waals surface area contributed by atoms with E-state index < -0.39 is 11.8 Å². The van der Waals surface area contributed by atoms with Gasteiger partial charge in [0, 0.05) is 12.6 Å². The van der Waals surface area contributed by atoms with Crippen molar-refractivity contribution < 1.29 is 14.4 Å². The largest absolute Gasteiger partial charge is 0.351 e. The molecule has 2 aliphatic rings. The van der Waals surface area contributed by atoms with Crippen LogP contribution < -0.4 is 10.6 Å². The molecule has 6 heteroatoms. The summed E-state index contributed by atoms with van der Waals surface area (Å²) in [7, 11) is 0. The monoisotopic (exact) mass is 287 g/mol. The number of piperidine rings is 1. The highest BCUT2D eigenvalue weighted by Gasteiger charge is 2.36. The molecular formula is C15H17N3O3. The maximum atomic E-state index is 12.1. The lowest BCUT2D eigenvalue weighted by Gasteiger charge is -2.24. The summed E-state index contributed by atoms with van der Waals surface area (Å²) in [6.07, 6.45) is 1.93. The Labute approximate surface area is 122 Å². The van der Waals surface area contributed by atoms with Crippen LogP contribution in [-0.4, -0.2) is 48.3 Å². The van der Waals surface area contributed by atoms with Gasteiger partial charge in [-0.1, -0.05) is 12.1 Å². The highest BCUT2D eigenvalue weighted by atomic mass is 16.2. The Bertz CT molecular complexity index is 559. The van der Waals surface area contributed by atoms with E-state index in [9.17, 15) is 14.4 Å². The van der Waals surface area contributed by atoms with Gasteiger partial charge in [-0.2, -0.15) is 0 Å². The van der Waals surface area contributed by atoms with E-state index in [2.05, 4.69) is 10.6 Å². The average molecular weight is 287 g/mol. The van der Waals surface area contributed by atoms with Crippen molar-refractivity contribution in [2.75, 3.05) is 19.6 Å². The third-order valence-corrected chi connectivity index (χ3v) is 3.84. The van der Waals surface area contributed by atoms with Crippen LogP contribution in [0.4, 0.5) is 0 Å². The summed E-state index contributed by atoms with van der Waals surface area (Å²) in [4.78, 5) is 37.3. The number of fused-ring (bicyclic) bond motifs is 1. The molecule has 3 rings (SSSR count). The van der Waals surface area contributed by atoms with Crippen molar-refractivity contribution in [1.82, 2.24) is 15.5 Å². The van der Waals surface area contributed by atoms with Gasteiger partial charge in [0.15, 0.2) is 0 Å². The lowest BCUT2D eigenvalue weighted by Crippen LogP contribution is -2.49. The van der Waals surface area contributed by atoms with Crippen LogP contribution in [0.15, 0.2) is 24.3 Å². The predicted molar refractivity (Wildman–Crippen MR) is 75.8 cm³/mol. The van der Waals surface area contributed by atoms with Crippen LogP contribution in [0, 0.1) is 0 Å². The van der Waals surface area contributed by atoms with Crippen LogP contribution in [0.5, 0.6) is 0 Å². The molecule has 2 aliphatic heterocycles. The molecule has 0 spiro atoms. The smallest absolute Gasteiger partial charge is 0.262 e. The van der Waals surface area contributed by atoms with Crippen molar-refractivity contribution >= 4 is 17.7 Å². The molecule has 0 aliphatic carbocycles. The number of nitrogens with zero attached hydrogens (tertiary/aromatic N) is 1. The number of rotatable bonds is 3. The topological polar surface area (TPSA) is 78.5 Å². The molecule has 0 saturated carbocycles. The van der Waals surface area contributed by atoms with E-state index in [-0.39, 0.29) is 18.5 Å². The van der Waals surface area contributed by atoms with Gasteiger partial charge in [-0.15, -0.1) is 0 Å². The quantitative estimate of drug-likeness (QED) is 0.776. The van der Waals surface area contributed by atoms with Crippen molar-refractivity contribution in [2.24, 2.45) is 0 Å². The third kappa shape index (κ3) is 2.67. The van der Waals surface area contributed by atoms with Crippen molar-refractivity contribution in [3.63, 3.8) is 0 Å². The molecule has 0 aromatic heterocycles. The summed E-state index contributed by atoms with van der Waals surface area (Å²) in [5, 5.41) is 6.07. The van der Waals surface area contributed by atoms with Crippen LogP contribution in [-0.2, 0) is 4.79 Å². The van der Waals surface area contributed by atoms with Crippen molar-refractivity contribution in [3.05, 3.63) is 35.4 Å². The van der Waals surface area contributed by atoms with Gasteiger partial charge in [0.25, 0.3) is 11.8 Å².